The Bertz CT molecular complexity index is 866. The first kappa shape index (κ1) is 19.3. The highest BCUT2D eigenvalue weighted by molar-refractivity contribution is 7.13. The predicted molar refractivity (Wildman–Crippen MR) is 93.1 cm³/mol. The summed E-state index contributed by atoms with van der Waals surface area (Å²) in [7, 11) is 0. The van der Waals surface area contributed by atoms with E-state index in [0.29, 0.717) is 22.8 Å². The molecule has 2 atom stereocenters. The first-order chi connectivity index (χ1) is 12.6. The van der Waals surface area contributed by atoms with Crippen LogP contribution in [0.15, 0.2) is 29.6 Å². The maximum Gasteiger partial charge on any atom is 0.416 e. The van der Waals surface area contributed by atoms with E-state index in [-0.39, 0.29) is 24.8 Å². The summed E-state index contributed by atoms with van der Waals surface area (Å²) in [6.45, 7) is 2.33. The fourth-order valence-corrected chi connectivity index (χ4v) is 3.92. The van der Waals surface area contributed by atoms with Crippen molar-refractivity contribution in [3.8, 4) is 10.6 Å². The van der Waals surface area contributed by atoms with Gasteiger partial charge in [-0.05, 0) is 18.1 Å². The van der Waals surface area contributed by atoms with Crippen molar-refractivity contribution >= 4 is 23.2 Å². The Kier molecular flexibility index (Phi) is 5.23. The maximum absolute atomic E-state index is 12.8. The Balaban J connectivity index is 1.70. The summed E-state index contributed by atoms with van der Waals surface area (Å²) < 4.78 is 38.5. The van der Waals surface area contributed by atoms with Crippen LogP contribution in [0.5, 0.6) is 0 Å². The largest absolute Gasteiger partial charge is 0.481 e. The molecule has 5 nitrogen and oxygen atoms in total. The molecule has 0 spiro atoms. The number of thiazole rings is 1. The number of benzene rings is 1. The minimum atomic E-state index is -4.43. The van der Waals surface area contributed by atoms with Crippen molar-refractivity contribution in [1.29, 1.82) is 0 Å². The number of carbonyl (C=O) groups is 2. The van der Waals surface area contributed by atoms with Crippen molar-refractivity contribution in [2.45, 2.75) is 19.5 Å². The summed E-state index contributed by atoms with van der Waals surface area (Å²) in [5.41, 5.74) is 0.0525. The second kappa shape index (κ2) is 7.30. The van der Waals surface area contributed by atoms with Gasteiger partial charge in [0.05, 0.1) is 23.6 Å². The number of carboxylic acids is 1. The summed E-state index contributed by atoms with van der Waals surface area (Å²) in [5, 5.41) is 11.2. The molecule has 1 aromatic carbocycles. The van der Waals surface area contributed by atoms with Crippen molar-refractivity contribution < 1.29 is 27.9 Å². The zero-order valence-electron chi connectivity index (χ0n) is 14.4. The number of aliphatic carboxylic acids is 1. The fraction of sp³-hybridized carbons (Fsp3) is 0.389. The third-order valence-electron chi connectivity index (χ3n) is 4.60. The Morgan fingerprint density at radius 3 is 2.70 bits per heavy atom. The van der Waals surface area contributed by atoms with Gasteiger partial charge in [-0.25, -0.2) is 4.98 Å². The van der Waals surface area contributed by atoms with Crippen LogP contribution in [0.4, 0.5) is 13.2 Å². The molecule has 1 amide bonds. The summed E-state index contributed by atoms with van der Waals surface area (Å²) >= 11 is 1.17. The van der Waals surface area contributed by atoms with Gasteiger partial charge in [-0.3, -0.25) is 9.59 Å². The van der Waals surface area contributed by atoms with Crippen LogP contribution in [-0.2, 0) is 22.2 Å². The van der Waals surface area contributed by atoms with Crippen LogP contribution in [0.3, 0.4) is 0 Å². The predicted octanol–water partition coefficient (Wildman–Crippen LogP) is 3.55. The molecule has 2 aromatic rings. The van der Waals surface area contributed by atoms with E-state index in [1.54, 1.807) is 18.4 Å². The van der Waals surface area contributed by atoms with Gasteiger partial charge in [-0.2, -0.15) is 13.2 Å². The molecule has 3 rings (SSSR count). The topological polar surface area (TPSA) is 70.5 Å². The number of carbonyl (C=O) groups excluding carboxylic acids is 1. The molecule has 0 bridgehead atoms. The van der Waals surface area contributed by atoms with Gasteiger partial charge in [0.1, 0.15) is 5.01 Å². The molecule has 9 heteroatoms. The second-order valence-corrected chi connectivity index (χ2v) is 7.48. The molecule has 1 aliphatic heterocycles. The Morgan fingerprint density at radius 1 is 1.33 bits per heavy atom. The minimum absolute atomic E-state index is 0.00544. The highest BCUT2D eigenvalue weighted by atomic mass is 32.1. The highest BCUT2D eigenvalue weighted by Gasteiger charge is 2.37. The number of aromatic nitrogens is 1. The fourth-order valence-electron chi connectivity index (χ4n) is 3.11. The minimum Gasteiger partial charge on any atom is -0.481 e. The van der Waals surface area contributed by atoms with E-state index in [2.05, 4.69) is 4.98 Å². The number of carboxylic acid groups (broad SMARTS) is 1. The Hall–Kier alpha value is -2.42. The summed E-state index contributed by atoms with van der Waals surface area (Å²) in [4.78, 5) is 29.4. The number of amides is 1. The van der Waals surface area contributed by atoms with Crippen molar-refractivity contribution in [2.24, 2.45) is 11.8 Å². The van der Waals surface area contributed by atoms with Gasteiger partial charge < -0.3 is 10.0 Å². The van der Waals surface area contributed by atoms with E-state index < -0.39 is 23.6 Å². The van der Waals surface area contributed by atoms with E-state index in [9.17, 15) is 22.8 Å². The first-order valence-electron chi connectivity index (χ1n) is 8.27. The highest BCUT2D eigenvalue weighted by Crippen LogP contribution is 2.33. The maximum atomic E-state index is 12.8. The zero-order valence-corrected chi connectivity index (χ0v) is 15.2. The van der Waals surface area contributed by atoms with Gasteiger partial charge in [0.25, 0.3) is 0 Å². The number of halogens is 3. The zero-order chi connectivity index (χ0) is 19.8. The molecule has 2 heterocycles. The summed E-state index contributed by atoms with van der Waals surface area (Å²) in [6.07, 6.45) is -4.44. The van der Waals surface area contributed by atoms with E-state index in [1.165, 1.54) is 22.3 Å². The van der Waals surface area contributed by atoms with Gasteiger partial charge in [0.2, 0.25) is 5.91 Å². The van der Waals surface area contributed by atoms with Gasteiger partial charge >= 0.3 is 12.1 Å². The molecule has 1 N–H and O–H groups in total. The molecule has 0 saturated carbocycles. The van der Waals surface area contributed by atoms with Crippen LogP contribution in [-0.4, -0.2) is 40.0 Å². The normalized spacial score (nSPS) is 20.1. The third kappa shape index (κ3) is 4.29. The number of hydrogen-bond donors (Lipinski definition) is 1. The van der Waals surface area contributed by atoms with Gasteiger partial charge in [-0.15, -0.1) is 11.3 Å². The SMILES string of the molecule is C[C@@H]1CN(C(=O)Cc2csc(-c3cccc(C(F)(F)F)c3)n2)C[C@H]1C(=O)O. The van der Waals surface area contributed by atoms with Crippen LogP contribution in [0.2, 0.25) is 0 Å². The molecule has 1 aromatic heterocycles. The smallest absolute Gasteiger partial charge is 0.416 e. The lowest BCUT2D eigenvalue weighted by molar-refractivity contribution is -0.142. The number of nitrogens with zero attached hydrogens (tertiary/aromatic N) is 2. The molecule has 0 aliphatic carbocycles. The standard InChI is InChI=1S/C18H17F3N2O3S/c1-10-7-23(8-14(10)17(25)26)15(24)6-13-9-27-16(22-13)11-3-2-4-12(5-11)18(19,20)21/h2-5,9-10,14H,6-8H2,1H3,(H,25,26)/t10-,14-/m1/s1. The molecule has 0 unspecified atom stereocenters. The Labute approximate surface area is 157 Å². The molecule has 0 radical (unpaired) electrons. The van der Waals surface area contributed by atoms with Gasteiger partial charge in [-0.1, -0.05) is 19.1 Å². The lowest BCUT2D eigenvalue weighted by atomic mass is 9.99. The summed E-state index contributed by atoms with van der Waals surface area (Å²) in [5.74, 6) is -1.85. The quantitative estimate of drug-likeness (QED) is 0.855. The average molecular weight is 398 g/mol. The van der Waals surface area contributed by atoms with Gasteiger partial charge in [0, 0.05) is 24.0 Å². The molecule has 1 fully saturated rings. The first-order valence-corrected chi connectivity index (χ1v) is 9.15. The Morgan fingerprint density at radius 2 is 2.07 bits per heavy atom. The molecular weight excluding hydrogens is 381 g/mol. The number of rotatable bonds is 4. The van der Waals surface area contributed by atoms with Crippen LogP contribution >= 0.6 is 11.3 Å². The third-order valence-corrected chi connectivity index (χ3v) is 5.54. The molecule has 27 heavy (non-hydrogen) atoms. The van der Waals surface area contributed by atoms with Crippen molar-refractivity contribution in [3.05, 3.63) is 40.9 Å². The monoisotopic (exact) mass is 398 g/mol. The van der Waals surface area contributed by atoms with Crippen molar-refractivity contribution in [1.82, 2.24) is 9.88 Å². The molecule has 1 aliphatic rings. The van der Waals surface area contributed by atoms with Crippen LogP contribution in [0.1, 0.15) is 18.2 Å². The molecular formula is C18H17F3N2O3S. The van der Waals surface area contributed by atoms with Crippen molar-refractivity contribution in [2.75, 3.05) is 13.1 Å². The number of likely N-dealkylation sites (tertiary alicyclic amines) is 1. The average Bonchev–Trinajstić information content (AvgIpc) is 3.21. The van der Waals surface area contributed by atoms with E-state index in [1.807, 2.05) is 0 Å². The van der Waals surface area contributed by atoms with E-state index in [4.69, 9.17) is 5.11 Å². The van der Waals surface area contributed by atoms with E-state index in [0.717, 1.165) is 12.1 Å². The lowest BCUT2D eigenvalue weighted by Crippen LogP contribution is -2.31. The number of alkyl halides is 3. The number of hydrogen-bond acceptors (Lipinski definition) is 4. The lowest BCUT2D eigenvalue weighted by Gasteiger charge is -2.15. The van der Waals surface area contributed by atoms with Crippen LogP contribution in [0.25, 0.3) is 10.6 Å². The van der Waals surface area contributed by atoms with Crippen molar-refractivity contribution in [3.63, 3.8) is 0 Å². The van der Waals surface area contributed by atoms with Crippen LogP contribution in [0, 0.1) is 11.8 Å². The van der Waals surface area contributed by atoms with Crippen LogP contribution < -0.4 is 0 Å². The van der Waals surface area contributed by atoms with Gasteiger partial charge in [0.15, 0.2) is 0 Å². The molecule has 1 saturated heterocycles. The summed E-state index contributed by atoms with van der Waals surface area (Å²) in [6, 6.07) is 4.89. The molecule has 144 valence electrons. The second-order valence-electron chi connectivity index (χ2n) is 6.62. The van der Waals surface area contributed by atoms with E-state index >= 15 is 0 Å².